The van der Waals surface area contributed by atoms with Crippen LogP contribution in [-0.4, -0.2) is 80.8 Å². The maximum atomic E-state index is 12.7. The van der Waals surface area contributed by atoms with Crippen molar-refractivity contribution < 1.29 is 14.3 Å². The monoisotopic (exact) mass is 372 g/mol. The molecule has 0 unspecified atom stereocenters. The average molecular weight is 372 g/mol. The zero-order valence-corrected chi connectivity index (χ0v) is 15.4. The Kier molecular flexibility index (Phi) is 6.48. The first-order valence-corrected chi connectivity index (χ1v) is 9.01. The highest BCUT2D eigenvalue weighted by atomic mass is 16.5. The molecule has 2 amide bonds. The van der Waals surface area contributed by atoms with Crippen molar-refractivity contribution in [2.24, 2.45) is 0 Å². The molecular formula is C18H24N6O3. The van der Waals surface area contributed by atoms with Gasteiger partial charge in [0.25, 0.3) is 5.91 Å². The number of ether oxygens (including phenoxy) is 1. The van der Waals surface area contributed by atoms with Gasteiger partial charge in [-0.25, -0.2) is 4.98 Å². The second-order valence-corrected chi connectivity index (χ2v) is 6.46. The highest BCUT2D eigenvalue weighted by Gasteiger charge is 2.31. The molecule has 2 aromatic rings. The minimum atomic E-state index is -0.297. The smallest absolute Gasteiger partial charge is 0.274 e. The summed E-state index contributed by atoms with van der Waals surface area (Å²) in [5.41, 5.74) is 0.282. The molecule has 9 nitrogen and oxygen atoms in total. The van der Waals surface area contributed by atoms with Gasteiger partial charge >= 0.3 is 0 Å². The Labute approximate surface area is 157 Å². The normalized spacial score (nSPS) is 16.9. The molecule has 0 N–H and O–H groups in total. The SMILES string of the molecule is CN(CCCn1cccn1)C(=O)C[C@@H]1COCCN1C(=O)c1cnccn1. The molecule has 0 aromatic carbocycles. The van der Waals surface area contributed by atoms with Crippen LogP contribution in [0.2, 0.25) is 0 Å². The van der Waals surface area contributed by atoms with Crippen LogP contribution in [0, 0.1) is 0 Å². The van der Waals surface area contributed by atoms with Crippen LogP contribution in [0.15, 0.2) is 37.1 Å². The molecule has 1 fully saturated rings. The molecule has 0 radical (unpaired) electrons. The maximum absolute atomic E-state index is 12.7. The van der Waals surface area contributed by atoms with Gasteiger partial charge in [0.05, 0.1) is 25.5 Å². The number of carbonyl (C=O) groups is 2. The summed E-state index contributed by atoms with van der Waals surface area (Å²) in [6.07, 6.45) is 9.13. The van der Waals surface area contributed by atoms with Crippen LogP contribution in [0.4, 0.5) is 0 Å². The standard InChI is InChI=1S/C18H24N6O3/c1-22(7-3-9-23-8-2-4-21-23)17(25)12-15-14-27-11-10-24(15)18(26)16-13-19-5-6-20-16/h2,4-6,8,13,15H,3,7,9-12,14H2,1H3/t15-/m1/s1. The first kappa shape index (κ1) is 19.0. The highest BCUT2D eigenvalue weighted by molar-refractivity contribution is 5.92. The number of rotatable bonds is 7. The predicted molar refractivity (Wildman–Crippen MR) is 96.8 cm³/mol. The third-order valence-electron chi connectivity index (χ3n) is 4.55. The lowest BCUT2D eigenvalue weighted by Crippen LogP contribution is -2.50. The largest absolute Gasteiger partial charge is 0.377 e. The second kappa shape index (κ2) is 9.22. The van der Waals surface area contributed by atoms with Crippen LogP contribution >= 0.6 is 0 Å². The van der Waals surface area contributed by atoms with Crippen LogP contribution in [0.1, 0.15) is 23.3 Å². The summed E-state index contributed by atoms with van der Waals surface area (Å²) in [6, 6.07) is 1.58. The lowest BCUT2D eigenvalue weighted by atomic mass is 10.1. The summed E-state index contributed by atoms with van der Waals surface area (Å²) in [7, 11) is 1.78. The van der Waals surface area contributed by atoms with E-state index in [9.17, 15) is 9.59 Å². The van der Waals surface area contributed by atoms with Gasteiger partial charge in [0, 0.05) is 57.9 Å². The molecule has 144 valence electrons. The van der Waals surface area contributed by atoms with E-state index in [-0.39, 0.29) is 30.0 Å². The number of morpholine rings is 1. The maximum Gasteiger partial charge on any atom is 0.274 e. The number of aryl methyl sites for hydroxylation is 1. The molecule has 9 heteroatoms. The number of hydrogen-bond acceptors (Lipinski definition) is 6. The summed E-state index contributed by atoms with van der Waals surface area (Å²) in [5.74, 6) is -0.228. The van der Waals surface area contributed by atoms with E-state index in [2.05, 4.69) is 15.1 Å². The molecule has 2 aromatic heterocycles. The van der Waals surface area contributed by atoms with Crippen LogP contribution in [0.25, 0.3) is 0 Å². The van der Waals surface area contributed by atoms with Gasteiger partial charge in [-0.3, -0.25) is 19.3 Å². The molecule has 0 bridgehead atoms. The van der Waals surface area contributed by atoms with Crippen molar-refractivity contribution in [3.8, 4) is 0 Å². The van der Waals surface area contributed by atoms with E-state index in [4.69, 9.17) is 4.74 Å². The Morgan fingerprint density at radius 3 is 2.96 bits per heavy atom. The lowest BCUT2D eigenvalue weighted by Gasteiger charge is -2.35. The van der Waals surface area contributed by atoms with E-state index < -0.39 is 0 Å². The van der Waals surface area contributed by atoms with E-state index in [1.54, 1.807) is 23.0 Å². The Morgan fingerprint density at radius 2 is 2.22 bits per heavy atom. The fraction of sp³-hybridized carbons (Fsp3) is 0.500. The fourth-order valence-corrected chi connectivity index (χ4v) is 3.03. The zero-order valence-electron chi connectivity index (χ0n) is 15.4. The van der Waals surface area contributed by atoms with Crippen molar-refractivity contribution in [1.82, 2.24) is 29.5 Å². The minimum absolute atomic E-state index is 0.0112. The number of carbonyl (C=O) groups excluding carboxylic acids is 2. The van der Waals surface area contributed by atoms with Crippen molar-refractivity contribution in [3.05, 3.63) is 42.7 Å². The van der Waals surface area contributed by atoms with Gasteiger partial charge in [0.1, 0.15) is 5.69 Å². The van der Waals surface area contributed by atoms with E-state index in [0.29, 0.717) is 26.3 Å². The van der Waals surface area contributed by atoms with Crippen LogP contribution in [-0.2, 0) is 16.1 Å². The van der Waals surface area contributed by atoms with Gasteiger partial charge in [-0.1, -0.05) is 0 Å². The predicted octanol–water partition coefficient (Wildman–Crippen LogP) is 0.453. The van der Waals surface area contributed by atoms with E-state index in [1.165, 1.54) is 18.6 Å². The van der Waals surface area contributed by atoms with Crippen molar-refractivity contribution in [3.63, 3.8) is 0 Å². The third kappa shape index (κ3) is 5.10. The number of hydrogen-bond donors (Lipinski definition) is 0. The van der Waals surface area contributed by atoms with Gasteiger partial charge in [0.2, 0.25) is 5.91 Å². The van der Waals surface area contributed by atoms with Gasteiger partial charge in [-0.05, 0) is 12.5 Å². The summed E-state index contributed by atoms with van der Waals surface area (Å²) in [5, 5.41) is 4.15. The van der Waals surface area contributed by atoms with E-state index >= 15 is 0 Å². The highest BCUT2D eigenvalue weighted by Crippen LogP contribution is 2.15. The van der Waals surface area contributed by atoms with Gasteiger partial charge < -0.3 is 14.5 Å². The summed E-state index contributed by atoms with van der Waals surface area (Å²) < 4.78 is 7.34. The first-order valence-electron chi connectivity index (χ1n) is 9.01. The van der Waals surface area contributed by atoms with Crippen LogP contribution in [0.3, 0.4) is 0 Å². The lowest BCUT2D eigenvalue weighted by molar-refractivity contribution is -0.132. The first-order chi connectivity index (χ1) is 13.1. The average Bonchev–Trinajstić information content (AvgIpc) is 3.22. The number of amides is 2. The Hall–Kier alpha value is -2.81. The van der Waals surface area contributed by atoms with Crippen molar-refractivity contribution in [2.45, 2.75) is 25.4 Å². The summed E-state index contributed by atoms with van der Waals surface area (Å²) in [4.78, 5) is 36.7. The molecule has 0 spiro atoms. The molecule has 1 aliphatic heterocycles. The second-order valence-electron chi connectivity index (χ2n) is 6.46. The molecule has 3 rings (SSSR count). The topological polar surface area (TPSA) is 93.5 Å². The number of nitrogens with zero attached hydrogens (tertiary/aromatic N) is 6. The Morgan fingerprint density at radius 1 is 1.33 bits per heavy atom. The molecule has 1 atom stereocenters. The van der Waals surface area contributed by atoms with Crippen LogP contribution < -0.4 is 0 Å². The van der Waals surface area contributed by atoms with Crippen LogP contribution in [0.5, 0.6) is 0 Å². The summed E-state index contributed by atoms with van der Waals surface area (Å²) >= 11 is 0. The Balaban J connectivity index is 1.53. The molecule has 27 heavy (non-hydrogen) atoms. The molecule has 3 heterocycles. The molecule has 1 aliphatic rings. The quantitative estimate of drug-likeness (QED) is 0.701. The molecule has 0 saturated carbocycles. The van der Waals surface area contributed by atoms with Crippen molar-refractivity contribution >= 4 is 11.8 Å². The van der Waals surface area contributed by atoms with E-state index in [1.807, 2.05) is 16.9 Å². The molecule has 1 saturated heterocycles. The van der Waals surface area contributed by atoms with Gasteiger partial charge in [0.15, 0.2) is 0 Å². The van der Waals surface area contributed by atoms with Crippen molar-refractivity contribution in [2.75, 3.05) is 33.4 Å². The Bertz CT molecular complexity index is 737. The van der Waals surface area contributed by atoms with E-state index in [0.717, 1.165) is 13.0 Å². The fourth-order valence-electron chi connectivity index (χ4n) is 3.03. The summed E-state index contributed by atoms with van der Waals surface area (Å²) in [6.45, 7) is 2.63. The molecular weight excluding hydrogens is 348 g/mol. The van der Waals surface area contributed by atoms with Gasteiger partial charge in [-0.2, -0.15) is 5.10 Å². The van der Waals surface area contributed by atoms with Crippen molar-refractivity contribution in [1.29, 1.82) is 0 Å². The minimum Gasteiger partial charge on any atom is -0.377 e. The zero-order chi connectivity index (χ0) is 19.1. The van der Waals surface area contributed by atoms with Gasteiger partial charge in [-0.15, -0.1) is 0 Å². The molecule has 0 aliphatic carbocycles. The third-order valence-corrected chi connectivity index (χ3v) is 4.55. The number of aromatic nitrogens is 4.